The van der Waals surface area contributed by atoms with Gasteiger partial charge in [-0.25, -0.2) is 0 Å². The molecule has 1 amide bonds. The third-order valence-corrected chi connectivity index (χ3v) is 7.33. The van der Waals surface area contributed by atoms with Gasteiger partial charge in [-0.1, -0.05) is 31.5 Å². The SMILES string of the molecule is CC(C)[C@@]12CC[C@](C)(O1)[C@H](Oc1cccc(Cl)c1CNC(=O)[C@@H]1C[C@@H]1C(=O)O)C2. The highest BCUT2D eigenvalue weighted by molar-refractivity contribution is 6.31. The van der Waals surface area contributed by atoms with Crippen LogP contribution in [0.5, 0.6) is 5.75 Å². The number of rotatable bonds is 7. The van der Waals surface area contributed by atoms with Gasteiger partial charge in [0.25, 0.3) is 0 Å². The van der Waals surface area contributed by atoms with Gasteiger partial charge in [-0.05, 0) is 44.2 Å². The number of aliphatic carboxylic acids is 1. The molecule has 2 N–H and O–H groups in total. The van der Waals surface area contributed by atoms with Crippen LogP contribution in [0.3, 0.4) is 0 Å². The number of carbonyl (C=O) groups is 2. The largest absolute Gasteiger partial charge is 0.487 e. The minimum Gasteiger partial charge on any atom is -0.487 e. The van der Waals surface area contributed by atoms with Crippen molar-refractivity contribution in [2.45, 2.75) is 70.3 Å². The van der Waals surface area contributed by atoms with Gasteiger partial charge < -0.3 is 19.9 Å². The first-order valence-electron chi connectivity index (χ1n) is 10.3. The van der Waals surface area contributed by atoms with Crippen LogP contribution in [0.1, 0.15) is 52.0 Å². The van der Waals surface area contributed by atoms with Gasteiger partial charge in [0.2, 0.25) is 5.91 Å². The maximum absolute atomic E-state index is 12.3. The molecular weight excluding hydrogens is 394 g/mol. The van der Waals surface area contributed by atoms with Gasteiger partial charge in [0.05, 0.1) is 17.4 Å². The summed E-state index contributed by atoms with van der Waals surface area (Å²) < 4.78 is 12.9. The van der Waals surface area contributed by atoms with E-state index in [4.69, 9.17) is 26.2 Å². The quantitative estimate of drug-likeness (QED) is 0.699. The van der Waals surface area contributed by atoms with Gasteiger partial charge in [-0.2, -0.15) is 0 Å². The van der Waals surface area contributed by atoms with Crippen LogP contribution in [-0.2, 0) is 20.9 Å². The Kier molecular flexibility index (Phi) is 5.06. The predicted molar refractivity (Wildman–Crippen MR) is 108 cm³/mol. The molecular formula is C22H28ClNO5. The Morgan fingerprint density at radius 3 is 2.72 bits per heavy atom. The molecule has 2 heterocycles. The summed E-state index contributed by atoms with van der Waals surface area (Å²) in [6, 6.07) is 5.46. The van der Waals surface area contributed by atoms with Gasteiger partial charge in [0, 0.05) is 23.6 Å². The number of hydrogen-bond donors (Lipinski definition) is 2. The summed E-state index contributed by atoms with van der Waals surface area (Å²) in [4.78, 5) is 23.2. The van der Waals surface area contributed by atoms with E-state index in [1.807, 2.05) is 12.1 Å². The van der Waals surface area contributed by atoms with E-state index in [0.717, 1.165) is 19.3 Å². The number of benzene rings is 1. The van der Waals surface area contributed by atoms with Crippen LogP contribution in [-0.4, -0.2) is 34.3 Å². The maximum Gasteiger partial charge on any atom is 0.307 e. The van der Waals surface area contributed by atoms with Gasteiger partial charge >= 0.3 is 5.97 Å². The molecule has 7 heteroatoms. The maximum atomic E-state index is 12.3. The van der Waals surface area contributed by atoms with Gasteiger partial charge in [0.1, 0.15) is 17.5 Å². The minimum absolute atomic E-state index is 0.0774. The van der Waals surface area contributed by atoms with Crippen molar-refractivity contribution < 1.29 is 24.2 Å². The Balaban J connectivity index is 1.46. The lowest BCUT2D eigenvalue weighted by Gasteiger charge is -2.32. The molecule has 3 fully saturated rings. The first-order chi connectivity index (χ1) is 13.7. The summed E-state index contributed by atoms with van der Waals surface area (Å²) in [7, 11) is 0. The second-order valence-corrected chi connectivity index (χ2v) is 9.57. The Hall–Kier alpha value is -1.79. The molecule has 1 aromatic carbocycles. The third kappa shape index (κ3) is 3.61. The number of fused-ring (bicyclic) bond motifs is 2. The smallest absolute Gasteiger partial charge is 0.307 e. The fraction of sp³-hybridized carbons (Fsp3) is 0.636. The second kappa shape index (κ2) is 7.17. The lowest BCUT2D eigenvalue weighted by molar-refractivity contribution is -0.140. The van der Waals surface area contributed by atoms with Crippen LogP contribution in [0.2, 0.25) is 5.02 Å². The Morgan fingerprint density at radius 2 is 2.10 bits per heavy atom. The van der Waals surface area contributed by atoms with Gasteiger partial charge in [0.15, 0.2) is 0 Å². The van der Waals surface area contributed by atoms with Crippen LogP contribution in [0.25, 0.3) is 0 Å². The van der Waals surface area contributed by atoms with Crippen LogP contribution in [0, 0.1) is 17.8 Å². The topological polar surface area (TPSA) is 84.9 Å². The third-order valence-electron chi connectivity index (χ3n) is 6.97. The molecule has 0 spiro atoms. The molecule has 4 rings (SSSR count). The van der Waals surface area contributed by atoms with Crippen molar-refractivity contribution >= 4 is 23.5 Å². The summed E-state index contributed by atoms with van der Waals surface area (Å²) in [5.41, 5.74) is 0.250. The average Bonchev–Trinajstić information content (AvgIpc) is 3.32. The number of ether oxygens (including phenoxy) is 2. The number of carbonyl (C=O) groups excluding carboxylic acids is 1. The van der Waals surface area contributed by atoms with Crippen LogP contribution >= 0.6 is 11.6 Å². The Bertz CT molecular complexity index is 842. The summed E-state index contributed by atoms with van der Waals surface area (Å²) in [6.07, 6.45) is 3.16. The molecule has 5 atom stereocenters. The molecule has 1 saturated carbocycles. The number of halogens is 1. The fourth-order valence-electron chi connectivity index (χ4n) is 4.77. The van der Waals surface area contributed by atoms with Crippen molar-refractivity contribution in [3.63, 3.8) is 0 Å². The Labute approximate surface area is 175 Å². The molecule has 1 aliphatic carbocycles. The van der Waals surface area contributed by atoms with Crippen molar-refractivity contribution in [2.75, 3.05) is 0 Å². The lowest BCUT2D eigenvalue weighted by Crippen LogP contribution is -2.40. The highest BCUT2D eigenvalue weighted by atomic mass is 35.5. The molecule has 29 heavy (non-hydrogen) atoms. The van der Waals surface area contributed by atoms with Crippen LogP contribution in [0.15, 0.2) is 18.2 Å². The van der Waals surface area contributed by atoms with E-state index >= 15 is 0 Å². The monoisotopic (exact) mass is 421 g/mol. The van der Waals surface area contributed by atoms with Crippen molar-refractivity contribution in [3.05, 3.63) is 28.8 Å². The first kappa shape index (κ1) is 20.5. The minimum atomic E-state index is -0.921. The molecule has 3 aliphatic rings. The zero-order chi connectivity index (χ0) is 21.0. The normalized spacial score (nSPS) is 35.0. The van der Waals surface area contributed by atoms with E-state index in [1.54, 1.807) is 6.07 Å². The number of carboxylic acid groups (broad SMARTS) is 1. The molecule has 0 radical (unpaired) electrons. The highest BCUT2D eigenvalue weighted by Crippen LogP contribution is 2.55. The van der Waals surface area contributed by atoms with E-state index in [0.29, 0.717) is 28.7 Å². The Morgan fingerprint density at radius 1 is 1.34 bits per heavy atom. The molecule has 6 nitrogen and oxygen atoms in total. The fourth-order valence-corrected chi connectivity index (χ4v) is 5.01. The highest BCUT2D eigenvalue weighted by Gasteiger charge is 2.61. The van der Waals surface area contributed by atoms with E-state index < -0.39 is 17.8 Å². The number of hydrogen-bond acceptors (Lipinski definition) is 4. The summed E-state index contributed by atoms with van der Waals surface area (Å²) in [5, 5.41) is 12.3. The second-order valence-electron chi connectivity index (χ2n) is 9.17. The first-order valence-corrected chi connectivity index (χ1v) is 10.7. The molecule has 0 unspecified atom stereocenters. The summed E-state index contributed by atoms with van der Waals surface area (Å²) in [5.74, 6) is -1.15. The number of carboxylic acids is 1. The van der Waals surface area contributed by atoms with Crippen molar-refractivity contribution in [1.29, 1.82) is 0 Å². The van der Waals surface area contributed by atoms with Crippen molar-refractivity contribution in [2.24, 2.45) is 17.8 Å². The predicted octanol–water partition coefficient (Wildman–Crippen LogP) is 3.79. The standard InChI is InChI=1S/C22H28ClNO5/c1-12(2)22-8-7-21(3,29-22)18(10-22)28-17-6-4-5-16(23)15(17)11-24-19(25)13-9-14(13)20(26)27/h4-6,12-14,18H,7-11H2,1-3H3,(H,24,25)(H,26,27)/t13-,14+,18-,21+,22+/m1/s1. The molecule has 2 saturated heterocycles. The zero-order valence-electron chi connectivity index (χ0n) is 17.0. The van der Waals surface area contributed by atoms with E-state index in [9.17, 15) is 9.59 Å². The van der Waals surface area contributed by atoms with E-state index in [2.05, 4.69) is 26.1 Å². The number of amides is 1. The zero-order valence-corrected chi connectivity index (χ0v) is 17.8. The van der Waals surface area contributed by atoms with Crippen molar-refractivity contribution in [3.8, 4) is 5.75 Å². The van der Waals surface area contributed by atoms with Crippen LogP contribution < -0.4 is 10.1 Å². The van der Waals surface area contributed by atoms with Crippen molar-refractivity contribution in [1.82, 2.24) is 5.32 Å². The molecule has 2 aliphatic heterocycles. The van der Waals surface area contributed by atoms with Crippen LogP contribution in [0.4, 0.5) is 0 Å². The average molecular weight is 422 g/mol. The van der Waals surface area contributed by atoms with E-state index in [1.165, 1.54) is 0 Å². The van der Waals surface area contributed by atoms with Gasteiger partial charge in [-0.3, -0.25) is 9.59 Å². The summed E-state index contributed by atoms with van der Waals surface area (Å²) >= 11 is 6.41. The molecule has 0 aromatic heterocycles. The van der Waals surface area contributed by atoms with Gasteiger partial charge in [-0.15, -0.1) is 0 Å². The molecule has 1 aromatic rings. The van der Waals surface area contributed by atoms with E-state index in [-0.39, 0.29) is 29.8 Å². The number of nitrogens with one attached hydrogen (secondary N) is 1. The molecule has 158 valence electrons. The molecule has 2 bridgehead atoms. The summed E-state index contributed by atoms with van der Waals surface area (Å²) in [6.45, 7) is 6.70. The lowest BCUT2D eigenvalue weighted by atomic mass is 9.75.